The summed E-state index contributed by atoms with van der Waals surface area (Å²) in [5.74, 6) is -2.72. The van der Waals surface area contributed by atoms with E-state index in [-0.39, 0.29) is 62.5 Å². The number of halogens is 1. The number of benzene rings is 1. The molecule has 3 heterocycles. The van der Waals surface area contributed by atoms with Gasteiger partial charge in [0.25, 0.3) is 5.91 Å². The number of rotatable bonds is 9. The third-order valence-corrected chi connectivity index (χ3v) is 6.33. The number of hydrogen-bond acceptors (Lipinski definition) is 8. The van der Waals surface area contributed by atoms with Gasteiger partial charge in [-0.25, -0.2) is 14.2 Å². The molecule has 208 valence electrons. The summed E-state index contributed by atoms with van der Waals surface area (Å²) in [7, 11) is 0. The van der Waals surface area contributed by atoms with Crippen molar-refractivity contribution < 1.29 is 43.3 Å². The zero-order valence-corrected chi connectivity index (χ0v) is 20.9. The van der Waals surface area contributed by atoms with Gasteiger partial charge in [-0.05, 0) is 30.7 Å². The van der Waals surface area contributed by atoms with E-state index in [9.17, 15) is 28.7 Å². The van der Waals surface area contributed by atoms with E-state index >= 15 is 0 Å². The molecule has 1 unspecified atom stereocenters. The van der Waals surface area contributed by atoms with Gasteiger partial charge in [-0.2, -0.15) is 4.98 Å². The Balaban J connectivity index is 1.56. The number of ether oxygens (including phenoxy) is 2. The van der Waals surface area contributed by atoms with Crippen molar-refractivity contribution in [1.29, 1.82) is 0 Å². The lowest BCUT2D eigenvalue weighted by Crippen LogP contribution is -2.55. The number of carboxylic acid groups (broad SMARTS) is 2. The summed E-state index contributed by atoms with van der Waals surface area (Å²) in [6.07, 6.45) is -1.32. The standard InChI is InChI=1S/C25H28FN5O8/c26-16-3-1-15(2-4-16)22-27-19(13-20(29-22)39-17-7-12-38-14-17)23(34)28-18(5-6-21(32)33)24(35)30-8-10-31(11-9-30)25(36)37/h1-4,13,17-18H,5-12,14H2,(H,28,34)(H,32,33)(H,36,37)/t17?,18-/m0/s1. The van der Waals surface area contributed by atoms with E-state index in [2.05, 4.69) is 15.3 Å². The number of hydrogen-bond donors (Lipinski definition) is 3. The monoisotopic (exact) mass is 545 g/mol. The molecule has 1 aromatic carbocycles. The largest absolute Gasteiger partial charge is 0.481 e. The Bertz CT molecular complexity index is 1210. The number of nitrogens with one attached hydrogen (secondary N) is 1. The molecule has 14 heteroatoms. The van der Waals surface area contributed by atoms with E-state index in [1.165, 1.54) is 40.1 Å². The van der Waals surface area contributed by atoms with Crippen molar-refractivity contribution in [2.24, 2.45) is 0 Å². The maximum absolute atomic E-state index is 13.5. The van der Waals surface area contributed by atoms with Crippen LogP contribution in [-0.4, -0.2) is 105 Å². The lowest BCUT2D eigenvalue weighted by Gasteiger charge is -2.35. The minimum Gasteiger partial charge on any atom is -0.481 e. The van der Waals surface area contributed by atoms with Crippen LogP contribution >= 0.6 is 0 Å². The molecule has 4 rings (SSSR count). The maximum atomic E-state index is 13.5. The van der Waals surface area contributed by atoms with Gasteiger partial charge in [-0.1, -0.05) is 0 Å². The van der Waals surface area contributed by atoms with Gasteiger partial charge in [-0.3, -0.25) is 14.4 Å². The summed E-state index contributed by atoms with van der Waals surface area (Å²) in [6.45, 7) is 1.27. The van der Waals surface area contributed by atoms with Gasteiger partial charge < -0.3 is 34.8 Å². The number of nitrogens with zero attached hydrogens (tertiary/aromatic N) is 4. The molecular formula is C25H28FN5O8. The third kappa shape index (κ3) is 7.37. The molecule has 13 nitrogen and oxygen atoms in total. The van der Waals surface area contributed by atoms with Crippen LogP contribution < -0.4 is 10.1 Å². The normalized spacial score (nSPS) is 17.9. The lowest BCUT2D eigenvalue weighted by atomic mass is 10.1. The van der Waals surface area contributed by atoms with Crippen LogP contribution in [0.1, 0.15) is 29.8 Å². The molecule has 2 atom stereocenters. The fourth-order valence-corrected chi connectivity index (χ4v) is 4.20. The summed E-state index contributed by atoms with van der Waals surface area (Å²) in [6, 6.07) is 5.46. The molecule has 39 heavy (non-hydrogen) atoms. The first-order chi connectivity index (χ1) is 18.7. The van der Waals surface area contributed by atoms with Crippen LogP contribution in [0.15, 0.2) is 30.3 Å². The summed E-state index contributed by atoms with van der Waals surface area (Å²) < 4.78 is 24.7. The van der Waals surface area contributed by atoms with Gasteiger partial charge in [0, 0.05) is 50.7 Å². The number of aliphatic carboxylic acids is 1. The number of amides is 3. The number of carbonyl (C=O) groups excluding carboxylic acids is 2. The van der Waals surface area contributed by atoms with Crippen LogP contribution in [-0.2, 0) is 14.3 Å². The highest BCUT2D eigenvalue weighted by Gasteiger charge is 2.31. The Kier molecular flexibility index (Phi) is 8.86. The summed E-state index contributed by atoms with van der Waals surface area (Å²) in [4.78, 5) is 60.1. The van der Waals surface area contributed by atoms with E-state index in [1.54, 1.807) is 0 Å². The van der Waals surface area contributed by atoms with Crippen LogP contribution in [0.2, 0.25) is 0 Å². The van der Waals surface area contributed by atoms with Gasteiger partial charge in [-0.15, -0.1) is 0 Å². The van der Waals surface area contributed by atoms with Crippen molar-refractivity contribution in [1.82, 2.24) is 25.1 Å². The molecular weight excluding hydrogens is 517 g/mol. The summed E-state index contributed by atoms with van der Waals surface area (Å²) >= 11 is 0. The molecule has 0 radical (unpaired) electrons. The molecule has 1 aromatic heterocycles. The van der Waals surface area contributed by atoms with Crippen molar-refractivity contribution in [3.05, 3.63) is 41.8 Å². The van der Waals surface area contributed by atoms with Crippen LogP contribution in [0.3, 0.4) is 0 Å². The van der Waals surface area contributed by atoms with Crippen LogP contribution in [0.4, 0.5) is 9.18 Å². The van der Waals surface area contributed by atoms with Crippen molar-refractivity contribution in [3.63, 3.8) is 0 Å². The van der Waals surface area contributed by atoms with Crippen molar-refractivity contribution in [2.45, 2.75) is 31.4 Å². The quantitative estimate of drug-likeness (QED) is 0.416. The van der Waals surface area contributed by atoms with E-state index in [4.69, 9.17) is 14.6 Å². The fourth-order valence-electron chi connectivity index (χ4n) is 4.20. The Morgan fingerprint density at radius 1 is 1.08 bits per heavy atom. The zero-order chi connectivity index (χ0) is 27.9. The first kappa shape index (κ1) is 27.7. The second kappa shape index (κ2) is 12.5. The van der Waals surface area contributed by atoms with Gasteiger partial charge >= 0.3 is 12.1 Å². The van der Waals surface area contributed by atoms with Crippen molar-refractivity contribution in [2.75, 3.05) is 39.4 Å². The second-order valence-electron chi connectivity index (χ2n) is 9.08. The first-order valence-corrected chi connectivity index (χ1v) is 12.4. The summed E-state index contributed by atoms with van der Waals surface area (Å²) in [5, 5.41) is 20.9. The molecule has 0 spiro atoms. The van der Waals surface area contributed by atoms with Gasteiger partial charge in [0.15, 0.2) is 5.82 Å². The molecule has 2 aliphatic heterocycles. The lowest BCUT2D eigenvalue weighted by molar-refractivity contribution is -0.138. The highest BCUT2D eigenvalue weighted by atomic mass is 19.1. The third-order valence-electron chi connectivity index (χ3n) is 6.33. The zero-order valence-electron chi connectivity index (χ0n) is 20.9. The van der Waals surface area contributed by atoms with Crippen molar-refractivity contribution in [3.8, 4) is 17.3 Å². The predicted molar refractivity (Wildman–Crippen MR) is 132 cm³/mol. The Morgan fingerprint density at radius 2 is 1.77 bits per heavy atom. The van der Waals surface area contributed by atoms with Crippen molar-refractivity contribution >= 4 is 23.9 Å². The minimum atomic E-state index is -1.19. The molecule has 2 fully saturated rings. The number of carboxylic acids is 1. The second-order valence-corrected chi connectivity index (χ2v) is 9.08. The Morgan fingerprint density at radius 3 is 2.38 bits per heavy atom. The minimum absolute atomic E-state index is 0.0863. The van der Waals surface area contributed by atoms with Crippen LogP contribution in [0, 0.1) is 5.82 Å². The SMILES string of the molecule is O=C(O)CC[C@H](NC(=O)c1cc(OC2CCOC2)nc(-c2ccc(F)cc2)n1)C(=O)N1CCN(C(=O)O)CC1. The molecule has 0 bridgehead atoms. The topological polar surface area (TPSA) is 171 Å². The molecule has 0 saturated carbocycles. The highest BCUT2D eigenvalue weighted by Crippen LogP contribution is 2.22. The molecule has 2 aliphatic rings. The number of piperazine rings is 1. The molecule has 3 amide bonds. The highest BCUT2D eigenvalue weighted by molar-refractivity contribution is 5.96. The summed E-state index contributed by atoms with van der Waals surface area (Å²) in [5.41, 5.74) is 0.287. The van der Waals surface area contributed by atoms with E-state index in [0.717, 1.165) is 0 Å². The molecule has 2 saturated heterocycles. The first-order valence-electron chi connectivity index (χ1n) is 12.4. The average molecular weight is 546 g/mol. The van der Waals surface area contributed by atoms with E-state index in [1.807, 2.05) is 0 Å². The molecule has 2 aromatic rings. The van der Waals surface area contributed by atoms with Crippen LogP contribution in [0.25, 0.3) is 11.4 Å². The Hall–Kier alpha value is -4.33. The number of carbonyl (C=O) groups is 4. The van der Waals surface area contributed by atoms with Gasteiger partial charge in [0.05, 0.1) is 13.2 Å². The Labute approximate surface area is 222 Å². The smallest absolute Gasteiger partial charge is 0.407 e. The fraction of sp³-hybridized carbons (Fsp3) is 0.440. The van der Waals surface area contributed by atoms with E-state index < -0.39 is 35.7 Å². The number of aromatic nitrogens is 2. The predicted octanol–water partition coefficient (Wildman–Crippen LogP) is 1.24. The van der Waals surface area contributed by atoms with Crippen LogP contribution in [0.5, 0.6) is 5.88 Å². The molecule has 3 N–H and O–H groups in total. The average Bonchev–Trinajstić information content (AvgIpc) is 3.43. The van der Waals surface area contributed by atoms with Gasteiger partial charge in [0.2, 0.25) is 11.8 Å². The maximum Gasteiger partial charge on any atom is 0.407 e. The van der Waals surface area contributed by atoms with E-state index in [0.29, 0.717) is 25.2 Å². The van der Waals surface area contributed by atoms with Gasteiger partial charge in [0.1, 0.15) is 23.7 Å². The molecule has 0 aliphatic carbocycles.